The molecule has 0 aliphatic carbocycles. The van der Waals surface area contributed by atoms with E-state index in [4.69, 9.17) is 0 Å². The average Bonchev–Trinajstić information content (AvgIpc) is 3.11. The molecule has 1 amide bonds. The lowest BCUT2D eigenvalue weighted by molar-refractivity contribution is 0.0920. The molecule has 0 fully saturated rings. The van der Waals surface area contributed by atoms with Gasteiger partial charge in [-0.15, -0.1) is 11.3 Å². The number of halogens is 1. The predicted molar refractivity (Wildman–Crippen MR) is 91.2 cm³/mol. The largest absolute Gasteiger partial charge is 0.387 e. The molecule has 2 aromatic carbocycles. The molecular formula is C18H15FN2O2S. The molecule has 1 unspecified atom stereocenters. The second-order valence-electron chi connectivity index (χ2n) is 5.17. The molecule has 2 N–H and O–H groups in total. The van der Waals surface area contributed by atoms with Gasteiger partial charge in [0.25, 0.3) is 5.91 Å². The Morgan fingerprint density at radius 1 is 1.17 bits per heavy atom. The second kappa shape index (κ2) is 7.33. The highest BCUT2D eigenvalue weighted by molar-refractivity contribution is 7.16. The van der Waals surface area contributed by atoms with Crippen LogP contribution in [-0.2, 0) is 0 Å². The Hall–Kier alpha value is -2.57. The lowest BCUT2D eigenvalue weighted by Gasteiger charge is -2.11. The normalized spacial score (nSPS) is 11.9. The summed E-state index contributed by atoms with van der Waals surface area (Å²) in [6.07, 6.45) is 0.628. The van der Waals surface area contributed by atoms with E-state index in [0.29, 0.717) is 10.4 Å². The third kappa shape index (κ3) is 3.84. The Kier molecular flexibility index (Phi) is 4.98. The van der Waals surface area contributed by atoms with Gasteiger partial charge in [0.15, 0.2) is 0 Å². The third-order valence-corrected chi connectivity index (χ3v) is 4.51. The highest BCUT2D eigenvalue weighted by atomic mass is 32.1. The van der Waals surface area contributed by atoms with Gasteiger partial charge >= 0.3 is 0 Å². The summed E-state index contributed by atoms with van der Waals surface area (Å²) in [4.78, 5) is 16.9. The molecule has 3 rings (SSSR count). The van der Waals surface area contributed by atoms with Crippen LogP contribution in [0.25, 0.3) is 10.6 Å². The van der Waals surface area contributed by atoms with Gasteiger partial charge in [0, 0.05) is 12.1 Å². The molecule has 0 radical (unpaired) electrons. The summed E-state index contributed by atoms with van der Waals surface area (Å²) in [6, 6.07) is 15.1. The summed E-state index contributed by atoms with van der Waals surface area (Å²) in [7, 11) is 0. The maximum Gasteiger partial charge on any atom is 0.263 e. The van der Waals surface area contributed by atoms with Crippen molar-refractivity contribution in [2.75, 3.05) is 6.54 Å². The summed E-state index contributed by atoms with van der Waals surface area (Å²) in [6.45, 7) is 0.0447. The van der Waals surface area contributed by atoms with E-state index in [1.807, 2.05) is 30.3 Å². The van der Waals surface area contributed by atoms with E-state index in [-0.39, 0.29) is 18.3 Å². The number of thiazole rings is 1. The predicted octanol–water partition coefficient (Wildman–Crippen LogP) is 3.41. The standard InChI is InChI=1S/C18H15FN2O2S/c19-14-8-6-12(7-9-14)15(22)10-20-17(23)16-11-21-18(24-16)13-4-2-1-3-5-13/h1-9,11,15,22H,10H2,(H,20,23). The van der Waals surface area contributed by atoms with Gasteiger partial charge in [0.2, 0.25) is 0 Å². The van der Waals surface area contributed by atoms with Crippen molar-refractivity contribution in [1.82, 2.24) is 10.3 Å². The van der Waals surface area contributed by atoms with Crippen molar-refractivity contribution in [2.45, 2.75) is 6.10 Å². The van der Waals surface area contributed by atoms with E-state index in [0.717, 1.165) is 10.6 Å². The van der Waals surface area contributed by atoms with Crippen molar-refractivity contribution in [3.05, 3.63) is 77.1 Å². The van der Waals surface area contributed by atoms with Crippen LogP contribution in [0, 0.1) is 5.82 Å². The molecule has 24 heavy (non-hydrogen) atoms. The lowest BCUT2D eigenvalue weighted by atomic mass is 10.1. The summed E-state index contributed by atoms with van der Waals surface area (Å²) in [5.41, 5.74) is 1.50. The average molecular weight is 342 g/mol. The number of benzene rings is 2. The summed E-state index contributed by atoms with van der Waals surface area (Å²) in [5.74, 6) is -0.663. The molecule has 0 bridgehead atoms. The van der Waals surface area contributed by atoms with E-state index in [2.05, 4.69) is 10.3 Å². The Balaban J connectivity index is 1.61. The zero-order valence-electron chi connectivity index (χ0n) is 12.6. The van der Waals surface area contributed by atoms with Crippen molar-refractivity contribution in [1.29, 1.82) is 0 Å². The first-order valence-electron chi connectivity index (χ1n) is 7.36. The van der Waals surface area contributed by atoms with Gasteiger partial charge in [0.05, 0.1) is 12.3 Å². The monoisotopic (exact) mass is 342 g/mol. The Morgan fingerprint density at radius 2 is 1.88 bits per heavy atom. The van der Waals surface area contributed by atoms with Crippen LogP contribution in [0.3, 0.4) is 0 Å². The Morgan fingerprint density at radius 3 is 2.58 bits per heavy atom. The number of amides is 1. The molecule has 1 heterocycles. The Bertz CT molecular complexity index is 819. The van der Waals surface area contributed by atoms with Gasteiger partial charge in [-0.1, -0.05) is 42.5 Å². The van der Waals surface area contributed by atoms with Crippen LogP contribution in [0.15, 0.2) is 60.8 Å². The van der Waals surface area contributed by atoms with Gasteiger partial charge in [-0.25, -0.2) is 9.37 Å². The first-order chi connectivity index (χ1) is 11.6. The Labute approximate surface area is 142 Å². The van der Waals surface area contributed by atoms with Crippen LogP contribution in [0.5, 0.6) is 0 Å². The zero-order chi connectivity index (χ0) is 16.9. The molecule has 0 aliphatic rings. The number of hydrogen-bond donors (Lipinski definition) is 2. The number of hydrogen-bond acceptors (Lipinski definition) is 4. The van der Waals surface area contributed by atoms with Crippen molar-refractivity contribution >= 4 is 17.2 Å². The van der Waals surface area contributed by atoms with Crippen LogP contribution in [0.1, 0.15) is 21.3 Å². The van der Waals surface area contributed by atoms with Gasteiger partial charge in [-0.05, 0) is 17.7 Å². The molecule has 6 heteroatoms. The van der Waals surface area contributed by atoms with Crippen molar-refractivity contribution in [3.63, 3.8) is 0 Å². The molecule has 3 aromatic rings. The number of rotatable bonds is 5. The summed E-state index contributed by atoms with van der Waals surface area (Å²) < 4.78 is 12.9. The van der Waals surface area contributed by atoms with Crippen molar-refractivity contribution < 1.29 is 14.3 Å². The van der Waals surface area contributed by atoms with Crippen molar-refractivity contribution in [2.24, 2.45) is 0 Å². The number of carbonyl (C=O) groups excluding carboxylic acids is 1. The molecule has 0 aliphatic heterocycles. The second-order valence-corrected chi connectivity index (χ2v) is 6.20. The minimum Gasteiger partial charge on any atom is -0.387 e. The minimum atomic E-state index is -0.893. The van der Waals surface area contributed by atoms with Crippen LogP contribution < -0.4 is 5.32 Å². The molecule has 1 atom stereocenters. The fraction of sp³-hybridized carbons (Fsp3) is 0.111. The summed E-state index contributed by atoms with van der Waals surface area (Å²) in [5, 5.41) is 13.5. The molecule has 0 saturated carbocycles. The fourth-order valence-electron chi connectivity index (χ4n) is 2.17. The number of aromatic nitrogens is 1. The minimum absolute atomic E-state index is 0.0447. The van der Waals surface area contributed by atoms with E-state index in [9.17, 15) is 14.3 Å². The number of carbonyl (C=O) groups is 1. The molecule has 0 spiro atoms. The van der Waals surface area contributed by atoms with E-state index in [1.54, 1.807) is 0 Å². The molecule has 0 saturated heterocycles. The first-order valence-corrected chi connectivity index (χ1v) is 8.18. The fourth-order valence-corrected chi connectivity index (χ4v) is 3.01. The van der Waals surface area contributed by atoms with Crippen LogP contribution >= 0.6 is 11.3 Å². The van der Waals surface area contributed by atoms with Gasteiger partial charge in [-0.3, -0.25) is 4.79 Å². The van der Waals surface area contributed by atoms with Crippen LogP contribution in [-0.4, -0.2) is 22.5 Å². The van der Waals surface area contributed by atoms with Crippen LogP contribution in [0.4, 0.5) is 4.39 Å². The lowest BCUT2D eigenvalue weighted by Crippen LogP contribution is -2.27. The van der Waals surface area contributed by atoms with E-state index in [1.165, 1.54) is 41.8 Å². The van der Waals surface area contributed by atoms with Gasteiger partial charge in [-0.2, -0.15) is 0 Å². The number of nitrogens with zero attached hydrogens (tertiary/aromatic N) is 1. The molecule has 122 valence electrons. The third-order valence-electron chi connectivity index (χ3n) is 3.46. The molecular weight excluding hydrogens is 327 g/mol. The number of nitrogens with one attached hydrogen (secondary N) is 1. The smallest absolute Gasteiger partial charge is 0.263 e. The highest BCUT2D eigenvalue weighted by Gasteiger charge is 2.14. The van der Waals surface area contributed by atoms with Gasteiger partial charge in [0.1, 0.15) is 15.7 Å². The van der Waals surface area contributed by atoms with Crippen molar-refractivity contribution in [3.8, 4) is 10.6 Å². The maximum absolute atomic E-state index is 12.9. The number of aliphatic hydroxyl groups excluding tert-OH is 1. The van der Waals surface area contributed by atoms with Gasteiger partial charge < -0.3 is 10.4 Å². The highest BCUT2D eigenvalue weighted by Crippen LogP contribution is 2.24. The number of aliphatic hydroxyl groups is 1. The van der Waals surface area contributed by atoms with Crippen LogP contribution in [0.2, 0.25) is 0 Å². The zero-order valence-corrected chi connectivity index (χ0v) is 13.5. The SMILES string of the molecule is O=C(NCC(O)c1ccc(F)cc1)c1cnc(-c2ccccc2)s1. The topological polar surface area (TPSA) is 62.2 Å². The summed E-state index contributed by atoms with van der Waals surface area (Å²) >= 11 is 1.29. The molecule has 1 aromatic heterocycles. The first kappa shape index (κ1) is 16.3. The quantitative estimate of drug-likeness (QED) is 0.747. The van der Waals surface area contributed by atoms with E-state index < -0.39 is 6.10 Å². The maximum atomic E-state index is 12.9. The van der Waals surface area contributed by atoms with E-state index >= 15 is 0 Å². The molecule has 4 nitrogen and oxygen atoms in total.